The van der Waals surface area contributed by atoms with E-state index in [-0.39, 0.29) is 6.04 Å². The fraction of sp³-hybridized carbons (Fsp3) is 0.250. The highest BCUT2D eigenvalue weighted by Gasteiger charge is 2.09. The first-order chi connectivity index (χ1) is 7.65. The lowest BCUT2D eigenvalue weighted by Gasteiger charge is -2.12. The van der Waals surface area contributed by atoms with Gasteiger partial charge in [0.2, 0.25) is 0 Å². The molecule has 4 heteroatoms. The summed E-state index contributed by atoms with van der Waals surface area (Å²) < 4.78 is 1.09. The zero-order valence-electron chi connectivity index (χ0n) is 8.98. The van der Waals surface area contributed by atoms with Gasteiger partial charge >= 0.3 is 0 Å². The molecule has 2 nitrogen and oxygen atoms in total. The molecule has 0 spiro atoms. The maximum absolute atomic E-state index is 6.18. The Hall–Kier alpha value is -0.710. The molecule has 0 saturated carbocycles. The quantitative estimate of drug-likeness (QED) is 0.942. The summed E-state index contributed by atoms with van der Waals surface area (Å²) in [5.74, 6) is 0. The molecule has 1 aromatic carbocycles. The molecule has 16 heavy (non-hydrogen) atoms. The van der Waals surface area contributed by atoms with Crippen molar-refractivity contribution in [1.82, 2.24) is 4.98 Å². The number of hydrogen-bond acceptors (Lipinski definition) is 3. The monoisotopic (exact) mass is 296 g/mol. The fourth-order valence-corrected chi connectivity index (χ4v) is 2.94. The standard InChI is InChI=1S/C12H13BrN2S/c1-8-2-9(4-10(13)3-8)12(14)5-11-6-15-7-16-11/h2-4,6-7,12H,5,14H2,1H3. The van der Waals surface area contributed by atoms with Crippen LogP contribution in [0.2, 0.25) is 0 Å². The van der Waals surface area contributed by atoms with Gasteiger partial charge in [-0.05, 0) is 30.2 Å². The van der Waals surface area contributed by atoms with E-state index in [9.17, 15) is 0 Å². The highest BCUT2D eigenvalue weighted by atomic mass is 79.9. The molecular weight excluding hydrogens is 284 g/mol. The van der Waals surface area contributed by atoms with Crippen LogP contribution in [-0.4, -0.2) is 4.98 Å². The first kappa shape index (κ1) is 11.8. The third-order valence-corrected chi connectivity index (χ3v) is 3.66. The lowest BCUT2D eigenvalue weighted by atomic mass is 10.0. The number of aromatic nitrogens is 1. The molecule has 1 atom stereocenters. The number of hydrogen-bond donors (Lipinski definition) is 1. The predicted octanol–water partition coefficient (Wildman–Crippen LogP) is 3.46. The molecule has 0 fully saturated rings. The Morgan fingerprint density at radius 3 is 2.88 bits per heavy atom. The van der Waals surface area contributed by atoms with Crippen LogP contribution in [0.25, 0.3) is 0 Å². The number of halogens is 1. The topological polar surface area (TPSA) is 38.9 Å². The lowest BCUT2D eigenvalue weighted by molar-refractivity contribution is 0.728. The fourth-order valence-electron chi connectivity index (χ4n) is 1.66. The van der Waals surface area contributed by atoms with Gasteiger partial charge in [0, 0.05) is 28.0 Å². The number of nitrogens with two attached hydrogens (primary N) is 1. The van der Waals surface area contributed by atoms with E-state index < -0.39 is 0 Å². The Bertz CT molecular complexity index is 448. The van der Waals surface area contributed by atoms with Crippen LogP contribution in [0.5, 0.6) is 0 Å². The van der Waals surface area contributed by atoms with Gasteiger partial charge in [0.25, 0.3) is 0 Å². The predicted molar refractivity (Wildman–Crippen MR) is 71.6 cm³/mol. The van der Waals surface area contributed by atoms with Crippen molar-refractivity contribution >= 4 is 27.3 Å². The van der Waals surface area contributed by atoms with Crippen molar-refractivity contribution in [3.8, 4) is 0 Å². The first-order valence-electron chi connectivity index (χ1n) is 5.05. The van der Waals surface area contributed by atoms with Crippen LogP contribution in [0, 0.1) is 6.92 Å². The van der Waals surface area contributed by atoms with Crippen molar-refractivity contribution in [3.63, 3.8) is 0 Å². The van der Waals surface area contributed by atoms with E-state index in [0.717, 1.165) is 10.9 Å². The van der Waals surface area contributed by atoms with E-state index >= 15 is 0 Å². The van der Waals surface area contributed by atoms with E-state index in [1.54, 1.807) is 11.3 Å². The molecule has 84 valence electrons. The Morgan fingerprint density at radius 1 is 1.44 bits per heavy atom. The molecule has 1 aromatic heterocycles. The van der Waals surface area contributed by atoms with Crippen LogP contribution in [-0.2, 0) is 6.42 Å². The molecule has 2 rings (SSSR count). The molecule has 0 bridgehead atoms. The minimum atomic E-state index is 0.0386. The van der Waals surface area contributed by atoms with Gasteiger partial charge in [0.05, 0.1) is 5.51 Å². The number of nitrogens with zero attached hydrogens (tertiary/aromatic N) is 1. The van der Waals surface area contributed by atoms with Gasteiger partial charge in [-0.15, -0.1) is 11.3 Å². The van der Waals surface area contributed by atoms with Crippen LogP contribution >= 0.6 is 27.3 Å². The Balaban J connectivity index is 2.17. The molecular formula is C12H13BrN2S. The van der Waals surface area contributed by atoms with Gasteiger partial charge in [0.1, 0.15) is 0 Å². The molecule has 0 amide bonds. The number of benzene rings is 1. The molecule has 0 aliphatic rings. The SMILES string of the molecule is Cc1cc(Br)cc(C(N)Cc2cncs2)c1. The summed E-state index contributed by atoms with van der Waals surface area (Å²) >= 11 is 5.15. The van der Waals surface area contributed by atoms with Crippen molar-refractivity contribution in [3.05, 3.63) is 50.4 Å². The summed E-state index contributed by atoms with van der Waals surface area (Å²) in [6.45, 7) is 2.08. The molecule has 0 aliphatic carbocycles. The molecule has 2 aromatic rings. The van der Waals surface area contributed by atoms with E-state index in [2.05, 4.69) is 46.0 Å². The number of thiazole rings is 1. The average Bonchev–Trinajstić information content (AvgIpc) is 2.68. The van der Waals surface area contributed by atoms with Gasteiger partial charge in [-0.1, -0.05) is 22.0 Å². The smallest absolute Gasteiger partial charge is 0.0794 e. The minimum Gasteiger partial charge on any atom is -0.324 e. The summed E-state index contributed by atoms with van der Waals surface area (Å²) in [7, 11) is 0. The summed E-state index contributed by atoms with van der Waals surface area (Å²) in [5, 5.41) is 0. The summed E-state index contributed by atoms with van der Waals surface area (Å²) in [6.07, 6.45) is 2.73. The highest BCUT2D eigenvalue weighted by Crippen LogP contribution is 2.23. The van der Waals surface area contributed by atoms with Crippen molar-refractivity contribution in [1.29, 1.82) is 0 Å². The van der Waals surface area contributed by atoms with Crippen LogP contribution in [0.3, 0.4) is 0 Å². The van der Waals surface area contributed by atoms with Crippen LogP contribution < -0.4 is 5.73 Å². The summed E-state index contributed by atoms with van der Waals surface area (Å²) in [5.41, 5.74) is 10.4. The average molecular weight is 297 g/mol. The Morgan fingerprint density at radius 2 is 2.25 bits per heavy atom. The van der Waals surface area contributed by atoms with Crippen molar-refractivity contribution in [2.24, 2.45) is 5.73 Å². The molecule has 1 heterocycles. The van der Waals surface area contributed by atoms with Gasteiger partial charge in [0.15, 0.2) is 0 Å². The van der Waals surface area contributed by atoms with Gasteiger partial charge < -0.3 is 5.73 Å². The van der Waals surface area contributed by atoms with E-state index in [1.807, 2.05) is 11.7 Å². The molecule has 2 N–H and O–H groups in total. The molecule has 0 saturated heterocycles. The lowest BCUT2D eigenvalue weighted by Crippen LogP contribution is -2.12. The highest BCUT2D eigenvalue weighted by molar-refractivity contribution is 9.10. The second-order valence-electron chi connectivity index (χ2n) is 3.84. The van der Waals surface area contributed by atoms with Crippen LogP contribution in [0.1, 0.15) is 22.0 Å². The van der Waals surface area contributed by atoms with Crippen molar-refractivity contribution in [2.75, 3.05) is 0 Å². The number of aryl methyl sites for hydroxylation is 1. The first-order valence-corrected chi connectivity index (χ1v) is 6.72. The van der Waals surface area contributed by atoms with E-state index in [0.29, 0.717) is 0 Å². The Labute approximate surface area is 108 Å². The molecule has 0 aliphatic heterocycles. The summed E-state index contributed by atoms with van der Waals surface area (Å²) in [4.78, 5) is 5.28. The van der Waals surface area contributed by atoms with Crippen LogP contribution in [0.15, 0.2) is 34.4 Å². The van der Waals surface area contributed by atoms with Crippen LogP contribution in [0.4, 0.5) is 0 Å². The second-order valence-corrected chi connectivity index (χ2v) is 5.73. The Kier molecular flexibility index (Phi) is 3.74. The number of rotatable bonds is 3. The van der Waals surface area contributed by atoms with E-state index in [4.69, 9.17) is 5.73 Å². The van der Waals surface area contributed by atoms with Gasteiger partial charge in [-0.25, -0.2) is 0 Å². The normalized spacial score (nSPS) is 12.7. The molecule has 0 radical (unpaired) electrons. The third kappa shape index (κ3) is 2.90. The maximum Gasteiger partial charge on any atom is 0.0794 e. The van der Waals surface area contributed by atoms with Crippen molar-refractivity contribution < 1.29 is 0 Å². The minimum absolute atomic E-state index is 0.0386. The third-order valence-electron chi connectivity index (χ3n) is 2.40. The maximum atomic E-state index is 6.18. The van der Waals surface area contributed by atoms with E-state index in [1.165, 1.54) is 16.0 Å². The second kappa shape index (κ2) is 5.08. The van der Waals surface area contributed by atoms with Gasteiger partial charge in [-0.2, -0.15) is 0 Å². The largest absolute Gasteiger partial charge is 0.324 e. The van der Waals surface area contributed by atoms with Crippen molar-refractivity contribution in [2.45, 2.75) is 19.4 Å². The zero-order valence-corrected chi connectivity index (χ0v) is 11.4. The molecule has 1 unspecified atom stereocenters. The zero-order chi connectivity index (χ0) is 11.5. The van der Waals surface area contributed by atoms with Gasteiger partial charge in [-0.3, -0.25) is 4.98 Å². The summed E-state index contributed by atoms with van der Waals surface area (Å²) in [6, 6.07) is 6.34.